The summed E-state index contributed by atoms with van der Waals surface area (Å²) in [6, 6.07) is 0. The first-order valence-electron chi connectivity index (χ1n) is 2.51. The van der Waals surface area contributed by atoms with Crippen LogP contribution in [0.5, 0.6) is 0 Å². The van der Waals surface area contributed by atoms with Gasteiger partial charge in [0.15, 0.2) is 5.82 Å². The molecule has 0 saturated carbocycles. The predicted octanol–water partition coefficient (Wildman–Crippen LogP) is -0.509. The summed E-state index contributed by atoms with van der Waals surface area (Å²) in [5, 5.41) is 0. The third-order valence-corrected chi connectivity index (χ3v) is 1.31. The lowest BCUT2D eigenvalue weighted by molar-refractivity contribution is 0.919. The molecule has 0 unspecified atom stereocenters. The van der Waals surface area contributed by atoms with Crippen molar-refractivity contribution in [2.45, 2.75) is 0 Å². The van der Waals surface area contributed by atoms with Crippen LogP contribution in [0.1, 0.15) is 0 Å². The van der Waals surface area contributed by atoms with E-state index in [2.05, 4.69) is 4.98 Å². The summed E-state index contributed by atoms with van der Waals surface area (Å²) in [6.07, 6.45) is 1.42. The molecule has 5 nitrogen and oxygen atoms in total. The Hall–Kier alpha value is -1.30. The Morgan fingerprint density at radius 1 is 1.50 bits per heavy atom. The molecule has 0 amide bonds. The van der Waals surface area contributed by atoms with Gasteiger partial charge in [0, 0.05) is 0 Å². The minimum atomic E-state index is 0.215. The van der Waals surface area contributed by atoms with E-state index in [1.165, 1.54) is 6.20 Å². The van der Waals surface area contributed by atoms with Crippen molar-refractivity contribution in [1.29, 1.82) is 0 Å². The van der Waals surface area contributed by atoms with E-state index in [9.17, 15) is 0 Å². The van der Waals surface area contributed by atoms with E-state index in [-0.39, 0.29) is 10.6 Å². The normalized spacial score (nSPS) is 9.60. The van der Waals surface area contributed by atoms with Crippen molar-refractivity contribution >= 4 is 23.7 Å². The summed E-state index contributed by atoms with van der Waals surface area (Å²) in [5.74, 6) is 5.52. The summed E-state index contributed by atoms with van der Waals surface area (Å²) in [6.45, 7) is 0. The molecule has 0 spiro atoms. The highest BCUT2D eigenvalue weighted by molar-refractivity contribution is 7.71. The predicted molar refractivity (Wildman–Crippen MR) is 42.0 cm³/mol. The number of hydrogen-bond acceptors (Lipinski definition) is 5. The zero-order valence-corrected chi connectivity index (χ0v) is 5.93. The Bertz CT molecular complexity index is 303. The van der Waals surface area contributed by atoms with Gasteiger partial charge >= 0.3 is 0 Å². The highest BCUT2D eigenvalue weighted by atomic mass is 32.1. The molecule has 6 heteroatoms. The fourth-order valence-electron chi connectivity index (χ4n) is 0.497. The molecule has 1 aromatic heterocycles. The molecule has 0 aliphatic heterocycles. The lowest BCUT2D eigenvalue weighted by Gasteiger charge is -2.01. The average Bonchev–Trinajstić information content (AvgIpc) is 1.84. The first-order valence-corrected chi connectivity index (χ1v) is 2.92. The van der Waals surface area contributed by atoms with Crippen molar-refractivity contribution < 1.29 is 0 Å². The molecule has 0 radical (unpaired) electrons. The Balaban J connectivity index is 3.43. The van der Waals surface area contributed by atoms with Crippen molar-refractivity contribution in [3.8, 4) is 0 Å². The minimum Gasteiger partial charge on any atom is -0.394 e. The van der Waals surface area contributed by atoms with Crippen molar-refractivity contribution in [3.63, 3.8) is 0 Å². The molecule has 0 bridgehead atoms. The zero-order valence-electron chi connectivity index (χ0n) is 5.11. The lowest BCUT2D eigenvalue weighted by Crippen LogP contribution is -2.13. The molecule has 54 valence electrons. The van der Waals surface area contributed by atoms with E-state index >= 15 is 0 Å². The zero-order chi connectivity index (χ0) is 7.72. The van der Waals surface area contributed by atoms with Crippen LogP contribution in [0.15, 0.2) is 6.20 Å². The highest BCUT2D eigenvalue weighted by Crippen LogP contribution is 2.06. The van der Waals surface area contributed by atoms with E-state index in [0.717, 1.165) is 4.68 Å². The van der Waals surface area contributed by atoms with Crippen LogP contribution in [0.4, 0.5) is 11.5 Å². The second-order valence-electron chi connectivity index (χ2n) is 1.77. The van der Waals surface area contributed by atoms with Crippen molar-refractivity contribution in [2.75, 3.05) is 17.3 Å². The number of anilines is 2. The second kappa shape index (κ2) is 2.14. The molecule has 1 aromatic rings. The van der Waals surface area contributed by atoms with Gasteiger partial charge in [-0.3, -0.25) is 0 Å². The molecule has 10 heavy (non-hydrogen) atoms. The number of nitrogens with zero attached hydrogens (tertiary/aromatic N) is 2. The number of rotatable bonds is 0. The molecule has 0 aliphatic carbocycles. The van der Waals surface area contributed by atoms with Gasteiger partial charge in [-0.05, 0) is 12.2 Å². The van der Waals surface area contributed by atoms with E-state index in [4.69, 9.17) is 29.5 Å². The summed E-state index contributed by atoms with van der Waals surface area (Å²) < 4.78 is 1.35. The Morgan fingerprint density at radius 2 is 2.10 bits per heavy atom. The van der Waals surface area contributed by atoms with Crippen molar-refractivity contribution in [3.05, 3.63) is 11.0 Å². The standard InChI is InChI=1S/C4H7N5S/c5-2-1-9(7)4(10)8-3(2)6/h1H,5,7H2,(H2,6,8,10). The molecule has 1 heterocycles. The van der Waals surface area contributed by atoms with Gasteiger partial charge in [-0.1, -0.05) is 0 Å². The van der Waals surface area contributed by atoms with Gasteiger partial charge in [0.2, 0.25) is 4.77 Å². The second-order valence-corrected chi connectivity index (χ2v) is 2.14. The van der Waals surface area contributed by atoms with Gasteiger partial charge in [0.05, 0.1) is 11.9 Å². The lowest BCUT2D eigenvalue weighted by atomic mass is 10.5. The van der Waals surface area contributed by atoms with Gasteiger partial charge in [-0.2, -0.15) is 4.98 Å². The van der Waals surface area contributed by atoms with Crippen LogP contribution in [0.2, 0.25) is 0 Å². The smallest absolute Gasteiger partial charge is 0.220 e. The summed E-state index contributed by atoms with van der Waals surface area (Å²) in [5.41, 5.74) is 11.0. The Kier molecular flexibility index (Phi) is 1.46. The van der Waals surface area contributed by atoms with Crippen LogP contribution >= 0.6 is 12.2 Å². The van der Waals surface area contributed by atoms with Gasteiger partial charge in [0.25, 0.3) is 0 Å². The summed E-state index contributed by atoms with van der Waals surface area (Å²) >= 11 is 4.69. The topological polar surface area (TPSA) is 95.9 Å². The van der Waals surface area contributed by atoms with Gasteiger partial charge < -0.3 is 17.3 Å². The van der Waals surface area contributed by atoms with E-state index in [1.54, 1.807) is 0 Å². The molecule has 0 saturated heterocycles. The van der Waals surface area contributed by atoms with Gasteiger partial charge in [0.1, 0.15) is 0 Å². The maximum atomic E-state index is 5.35. The summed E-state index contributed by atoms with van der Waals surface area (Å²) in [7, 11) is 0. The fraction of sp³-hybridized carbons (Fsp3) is 0. The van der Waals surface area contributed by atoms with E-state index in [1.807, 2.05) is 0 Å². The van der Waals surface area contributed by atoms with Crippen LogP contribution in [0, 0.1) is 4.77 Å². The van der Waals surface area contributed by atoms with Crippen LogP contribution in [-0.2, 0) is 0 Å². The number of hydrogen-bond donors (Lipinski definition) is 3. The number of aromatic nitrogens is 2. The first kappa shape index (κ1) is 6.81. The molecule has 6 N–H and O–H groups in total. The Labute approximate surface area is 62.4 Å². The first-order chi connectivity index (χ1) is 4.61. The van der Waals surface area contributed by atoms with Crippen LogP contribution in [0.25, 0.3) is 0 Å². The monoisotopic (exact) mass is 157 g/mol. The third kappa shape index (κ3) is 1.01. The quantitative estimate of drug-likeness (QED) is 0.348. The molecule has 0 atom stereocenters. The largest absolute Gasteiger partial charge is 0.394 e. The maximum absolute atomic E-state index is 5.35. The molecular weight excluding hydrogens is 150 g/mol. The summed E-state index contributed by atoms with van der Waals surface area (Å²) in [4.78, 5) is 3.68. The molecule has 0 aliphatic rings. The number of nitrogen functional groups attached to an aromatic ring is 3. The molecular formula is C4H7N5S. The Morgan fingerprint density at radius 3 is 2.60 bits per heavy atom. The van der Waals surface area contributed by atoms with Crippen LogP contribution in [-0.4, -0.2) is 9.66 Å². The molecule has 0 aromatic carbocycles. The number of nitrogens with two attached hydrogens (primary N) is 3. The van der Waals surface area contributed by atoms with E-state index < -0.39 is 0 Å². The maximum Gasteiger partial charge on any atom is 0.220 e. The van der Waals surface area contributed by atoms with Crippen molar-refractivity contribution in [1.82, 2.24) is 9.66 Å². The highest BCUT2D eigenvalue weighted by Gasteiger charge is 1.95. The minimum absolute atomic E-state index is 0.215. The SMILES string of the molecule is Nc1cn(N)c(=S)nc1N. The molecule has 1 rings (SSSR count). The van der Waals surface area contributed by atoms with Gasteiger partial charge in [-0.15, -0.1) is 0 Å². The van der Waals surface area contributed by atoms with Gasteiger partial charge in [-0.25, -0.2) is 4.68 Å². The van der Waals surface area contributed by atoms with Crippen LogP contribution in [0.3, 0.4) is 0 Å². The van der Waals surface area contributed by atoms with Crippen LogP contribution < -0.4 is 17.3 Å². The van der Waals surface area contributed by atoms with Crippen molar-refractivity contribution in [2.24, 2.45) is 0 Å². The fourth-order valence-corrected chi connectivity index (χ4v) is 0.648. The average molecular weight is 157 g/mol. The molecule has 0 fully saturated rings. The van der Waals surface area contributed by atoms with E-state index in [0.29, 0.717) is 5.69 Å². The third-order valence-electron chi connectivity index (χ3n) is 1.01.